The molecule has 0 bridgehead atoms. The molecule has 1 aromatic heterocycles. The zero-order valence-corrected chi connectivity index (χ0v) is 7.95. The molecule has 1 aromatic rings. The number of thiophene rings is 1. The van der Waals surface area contributed by atoms with E-state index in [0.717, 1.165) is 12.8 Å². The van der Waals surface area contributed by atoms with Gasteiger partial charge in [0.1, 0.15) is 0 Å². The van der Waals surface area contributed by atoms with Crippen molar-refractivity contribution >= 4 is 11.3 Å². The van der Waals surface area contributed by atoms with E-state index in [0.29, 0.717) is 0 Å². The van der Waals surface area contributed by atoms with Crippen molar-refractivity contribution in [3.63, 3.8) is 0 Å². The second-order valence-electron chi connectivity index (χ2n) is 2.84. The topological polar surface area (TPSA) is 26.0 Å². The van der Waals surface area contributed by atoms with Gasteiger partial charge in [0.2, 0.25) is 0 Å². The number of hydrogen-bond acceptors (Lipinski definition) is 2. The molecule has 0 saturated carbocycles. The van der Waals surface area contributed by atoms with Crippen molar-refractivity contribution in [2.75, 3.05) is 0 Å². The highest BCUT2D eigenvalue weighted by atomic mass is 32.1. The molecular weight excluding hydrogens is 154 g/mol. The molecule has 1 atom stereocenters. The van der Waals surface area contributed by atoms with E-state index >= 15 is 0 Å². The molecule has 0 spiro atoms. The molecule has 2 heteroatoms. The van der Waals surface area contributed by atoms with Gasteiger partial charge in [0.25, 0.3) is 0 Å². The van der Waals surface area contributed by atoms with Gasteiger partial charge in [-0.15, -0.1) is 11.3 Å². The maximum Gasteiger partial charge on any atom is 0.0389 e. The van der Waals surface area contributed by atoms with Crippen LogP contribution in [0.1, 0.15) is 35.6 Å². The molecule has 62 valence electrons. The van der Waals surface area contributed by atoms with E-state index in [1.165, 1.54) is 9.75 Å². The minimum atomic E-state index is 0.263. The zero-order valence-electron chi connectivity index (χ0n) is 7.13. The summed E-state index contributed by atoms with van der Waals surface area (Å²) in [5.74, 6) is 0. The van der Waals surface area contributed by atoms with E-state index in [1.54, 1.807) is 0 Å². The number of hydrogen-bond donors (Lipinski definition) is 1. The summed E-state index contributed by atoms with van der Waals surface area (Å²) in [4.78, 5) is 2.68. The molecule has 0 saturated heterocycles. The first-order valence-electron chi connectivity index (χ1n) is 4.06. The molecule has 0 aliphatic carbocycles. The van der Waals surface area contributed by atoms with Gasteiger partial charge in [-0.3, -0.25) is 0 Å². The van der Waals surface area contributed by atoms with Crippen LogP contribution in [0.25, 0.3) is 0 Å². The molecular formula is C9H15NS. The summed E-state index contributed by atoms with van der Waals surface area (Å²) in [7, 11) is 0. The maximum absolute atomic E-state index is 5.93. The van der Waals surface area contributed by atoms with E-state index in [1.807, 2.05) is 11.3 Å². The van der Waals surface area contributed by atoms with Crippen molar-refractivity contribution < 1.29 is 0 Å². The van der Waals surface area contributed by atoms with Crippen LogP contribution < -0.4 is 5.73 Å². The molecule has 1 nitrogen and oxygen atoms in total. The predicted molar refractivity (Wildman–Crippen MR) is 50.9 cm³/mol. The Labute approximate surface area is 72.2 Å². The third kappa shape index (κ3) is 2.31. The van der Waals surface area contributed by atoms with Crippen molar-refractivity contribution in [2.45, 2.75) is 32.7 Å². The van der Waals surface area contributed by atoms with Gasteiger partial charge in [-0.1, -0.05) is 13.3 Å². The normalized spacial score (nSPS) is 13.4. The lowest BCUT2D eigenvalue weighted by Gasteiger charge is -2.05. The highest BCUT2D eigenvalue weighted by Gasteiger charge is 2.05. The summed E-state index contributed by atoms with van der Waals surface area (Å²) in [6.07, 6.45) is 2.26. The molecule has 0 fully saturated rings. The molecule has 0 aliphatic heterocycles. The highest BCUT2D eigenvalue weighted by Crippen LogP contribution is 2.23. The molecule has 0 aromatic carbocycles. The maximum atomic E-state index is 5.93. The number of aryl methyl sites for hydroxylation is 1. The fourth-order valence-corrected chi connectivity index (χ4v) is 2.02. The Morgan fingerprint density at radius 1 is 1.55 bits per heavy atom. The molecule has 1 rings (SSSR count). The van der Waals surface area contributed by atoms with Crippen molar-refractivity contribution in [1.82, 2.24) is 0 Å². The Hall–Kier alpha value is -0.340. The standard InChI is InChI=1S/C9H15NS/c1-3-4-8(10)9-6-5-7(2)11-9/h5-6,8H,3-4,10H2,1-2H3/t8-/m1/s1. The van der Waals surface area contributed by atoms with Crippen LogP contribution in [0.2, 0.25) is 0 Å². The summed E-state index contributed by atoms with van der Waals surface area (Å²) < 4.78 is 0. The summed E-state index contributed by atoms with van der Waals surface area (Å²) in [6.45, 7) is 4.28. The largest absolute Gasteiger partial charge is 0.323 e. The van der Waals surface area contributed by atoms with E-state index in [-0.39, 0.29) is 6.04 Å². The van der Waals surface area contributed by atoms with Crippen LogP contribution in [-0.2, 0) is 0 Å². The van der Waals surface area contributed by atoms with Gasteiger partial charge in [0, 0.05) is 15.8 Å². The Kier molecular flexibility index (Phi) is 3.09. The van der Waals surface area contributed by atoms with Crippen LogP contribution in [-0.4, -0.2) is 0 Å². The van der Waals surface area contributed by atoms with Crippen molar-refractivity contribution in [2.24, 2.45) is 5.73 Å². The lowest BCUT2D eigenvalue weighted by molar-refractivity contribution is 0.648. The summed E-state index contributed by atoms with van der Waals surface area (Å²) >= 11 is 1.81. The van der Waals surface area contributed by atoms with Gasteiger partial charge in [-0.05, 0) is 25.5 Å². The van der Waals surface area contributed by atoms with Crippen molar-refractivity contribution in [3.05, 3.63) is 21.9 Å². The van der Waals surface area contributed by atoms with Crippen LogP contribution in [0.3, 0.4) is 0 Å². The van der Waals surface area contributed by atoms with Gasteiger partial charge < -0.3 is 5.73 Å². The third-order valence-corrected chi connectivity index (χ3v) is 2.86. The number of nitrogens with two attached hydrogens (primary N) is 1. The van der Waals surface area contributed by atoms with Crippen molar-refractivity contribution in [1.29, 1.82) is 0 Å². The molecule has 11 heavy (non-hydrogen) atoms. The average molecular weight is 169 g/mol. The summed E-state index contributed by atoms with van der Waals surface area (Å²) in [5, 5.41) is 0. The van der Waals surface area contributed by atoms with Crippen LogP contribution in [0.15, 0.2) is 12.1 Å². The predicted octanol–water partition coefficient (Wildman–Crippen LogP) is 2.86. The van der Waals surface area contributed by atoms with Crippen LogP contribution in [0.4, 0.5) is 0 Å². The zero-order chi connectivity index (χ0) is 8.27. The van der Waals surface area contributed by atoms with E-state index in [4.69, 9.17) is 5.73 Å². The third-order valence-electron chi connectivity index (χ3n) is 1.73. The lowest BCUT2D eigenvalue weighted by atomic mass is 10.1. The molecule has 2 N–H and O–H groups in total. The molecule has 1 heterocycles. The SMILES string of the molecule is CCC[C@@H](N)c1ccc(C)s1. The Morgan fingerprint density at radius 2 is 2.27 bits per heavy atom. The first-order valence-corrected chi connectivity index (χ1v) is 4.87. The van der Waals surface area contributed by atoms with E-state index < -0.39 is 0 Å². The molecule has 0 unspecified atom stereocenters. The fourth-order valence-electron chi connectivity index (χ4n) is 1.11. The molecule has 0 aliphatic rings. The minimum Gasteiger partial charge on any atom is -0.323 e. The monoisotopic (exact) mass is 169 g/mol. The van der Waals surface area contributed by atoms with Gasteiger partial charge in [0.15, 0.2) is 0 Å². The van der Waals surface area contributed by atoms with Gasteiger partial charge in [-0.25, -0.2) is 0 Å². The van der Waals surface area contributed by atoms with Crippen LogP contribution in [0, 0.1) is 6.92 Å². The first-order chi connectivity index (χ1) is 5.24. The molecule has 0 amide bonds. The second-order valence-corrected chi connectivity index (χ2v) is 4.16. The lowest BCUT2D eigenvalue weighted by Crippen LogP contribution is -2.07. The Morgan fingerprint density at radius 3 is 2.73 bits per heavy atom. The minimum absolute atomic E-state index is 0.263. The Balaban J connectivity index is 2.60. The summed E-state index contributed by atoms with van der Waals surface area (Å²) in [6, 6.07) is 4.54. The van der Waals surface area contributed by atoms with Crippen molar-refractivity contribution in [3.8, 4) is 0 Å². The van der Waals surface area contributed by atoms with E-state index in [2.05, 4.69) is 26.0 Å². The van der Waals surface area contributed by atoms with Gasteiger partial charge in [-0.2, -0.15) is 0 Å². The van der Waals surface area contributed by atoms with Gasteiger partial charge >= 0.3 is 0 Å². The second kappa shape index (κ2) is 3.88. The first kappa shape index (κ1) is 8.75. The fraction of sp³-hybridized carbons (Fsp3) is 0.556. The van der Waals surface area contributed by atoms with Gasteiger partial charge in [0.05, 0.1) is 0 Å². The van der Waals surface area contributed by atoms with E-state index in [9.17, 15) is 0 Å². The van der Waals surface area contributed by atoms with Crippen LogP contribution in [0.5, 0.6) is 0 Å². The Bertz CT molecular complexity index is 217. The summed E-state index contributed by atoms with van der Waals surface area (Å²) in [5.41, 5.74) is 5.93. The average Bonchev–Trinajstić information content (AvgIpc) is 2.36. The smallest absolute Gasteiger partial charge is 0.0389 e. The highest BCUT2D eigenvalue weighted by molar-refractivity contribution is 7.12. The number of rotatable bonds is 3. The molecule has 0 radical (unpaired) electrons. The quantitative estimate of drug-likeness (QED) is 0.739. The van der Waals surface area contributed by atoms with Crippen LogP contribution >= 0.6 is 11.3 Å².